The van der Waals surface area contributed by atoms with E-state index in [1.165, 1.54) is 0 Å². The molecule has 0 aliphatic heterocycles. The van der Waals surface area contributed by atoms with Crippen LogP contribution in [0.25, 0.3) is 11.3 Å². The molecule has 0 aliphatic carbocycles. The highest BCUT2D eigenvalue weighted by Gasteiger charge is 1.98. The van der Waals surface area contributed by atoms with Gasteiger partial charge in [0.15, 0.2) is 0 Å². The predicted octanol–water partition coefficient (Wildman–Crippen LogP) is 2.03. The van der Waals surface area contributed by atoms with Crippen LogP contribution in [0.2, 0.25) is 0 Å². The minimum Gasteiger partial charge on any atom is -0.384 e. The van der Waals surface area contributed by atoms with E-state index in [0.717, 1.165) is 17.0 Å². The number of aromatic nitrogens is 2. The van der Waals surface area contributed by atoms with Gasteiger partial charge in [-0.2, -0.15) is 0 Å². The van der Waals surface area contributed by atoms with Crippen molar-refractivity contribution in [3.8, 4) is 11.3 Å². The average Bonchev–Trinajstić information content (AvgIpc) is 2.19. The molecule has 0 amide bonds. The van der Waals surface area contributed by atoms with Crippen molar-refractivity contribution in [1.82, 2.24) is 9.97 Å². The molecule has 70 valence electrons. The van der Waals surface area contributed by atoms with E-state index in [9.17, 15) is 0 Å². The average molecular weight is 185 g/mol. The van der Waals surface area contributed by atoms with Crippen LogP contribution in [0.3, 0.4) is 0 Å². The number of anilines is 1. The highest BCUT2D eigenvalue weighted by Crippen LogP contribution is 2.16. The molecule has 0 unspecified atom stereocenters. The molecule has 0 saturated carbocycles. The summed E-state index contributed by atoms with van der Waals surface area (Å²) in [5.74, 6) is 0.531. The standard InChI is InChI=1S/C11H11N3/c1-8-5-6-9(7-13-8)10-3-2-4-11(12)14-10/h2-7H,1H3,(H2,12,14). The van der Waals surface area contributed by atoms with E-state index in [1.54, 1.807) is 12.3 Å². The fourth-order valence-electron chi connectivity index (χ4n) is 1.23. The largest absolute Gasteiger partial charge is 0.384 e. The van der Waals surface area contributed by atoms with Crippen LogP contribution in [0.4, 0.5) is 5.82 Å². The van der Waals surface area contributed by atoms with Crippen molar-refractivity contribution in [2.75, 3.05) is 5.73 Å². The zero-order chi connectivity index (χ0) is 9.97. The molecule has 0 atom stereocenters. The summed E-state index contributed by atoms with van der Waals surface area (Å²) < 4.78 is 0. The molecule has 0 aliphatic rings. The maximum absolute atomic E-state index is 5.59. The van der Waals surface area contributed by atoms with Gasteiger partial charge in [-0.3, -0.25) is 4.98 Å². The van der Waals surface area contributed by atoms with E-state index in [0.29, 0.717) is 5.82 Å². The predicted molar refractivity (Wildman–Crippen MR) is 56.6 cm³/mol. The van der Waals surface area contributed by atoms with Crippen LogP contribution in [0.5, 0.6) is 0 Å². The van der Waals surface area contributed by atoms with Gasteiger partial charge in [0, 0.05) is 17.5 Å². The molecule has 14 heavy (non-hydrogen) atoms. The lowest BCUT2D eigenvalue weighted by Gasteiger charge is -2.01. The summed E-state index contributed by atoms with van der Waals surface area (Å²) in [4.78, 5) is 8.42. The summed E-state index contributed by atoms with van der Waals surface area (Å²) in [6.07, 6.45) is 1.80. The molecule has 0 aromatic carbocycles. The minimum absolute atomic E-state index is 0.531. The van der Waals surface area contributed by atoms with Crippen molar-refractivity contribution < 1.29 is 0 Å². The molecule has 2 rings (SSSR count). The van der Waals surface area contributed by atoms with Crippen molar-refractivity contribution in [3.05, 3.63) is 42.2 Å². The SMILES string of the molecule is Cc1ccc(-c2cccc(N)n2)cn1. The molecular weight excluding hydrogens is 174 g/mol. The van der Waals surface area contributed by atoms with E-state index in [4.69, 9.17) is 5.73 Å². The molecule has 2 aromatic rings. The van der Waals surface area contributed by atoms with Gasteiger partial charge < -0.3 is 5.73 Å². The quantitative estimate of drug-likeness (QED) is 0.739. The van der Waals surface area contributed by atoms with Crippen LogP contribution in [0.15, 0.2) is 36.5 Å². The Labute approximate surface area is 82.6 Å². The summed E-state index contributed by atoms with van der Waals surface area (Å²) in [6.45, 7) is 1.95. The van der Waals surface area contributed by atoms with Gasteiger partial charge in [0.25, 0.3) is 0 Å². The summed E-state index contributed by atoms with van der Waals surface area (Å²) in [6, 6.07) is 9.52. The Morgan fingerprint density at radius 2 is 2.00 bits per heavy atom. The monoisotopic (exact) mass is 185 g/mol. The normalized spacial score (nSPS) is 10.1. The number of aryl methyl sites for hydroxylation is 1. The number of hydrogen-bond acceptors (Lipinski definition) is 3. The number of nitrogens with zero attached hydrogens (tertiary/aromatic N) is 2. The van der Waals surface area contributed by atoms with Gasteiger partial charge in [-0.25, -0.2) is 4.98 Å². The molecule has 0 fully saturated rings. The van der Waals surface area contributed by atoms with Gasteiger partial charge in [0.05, 0.1) is 5.69 Å². The van der Waals surface area contributed by atoms with Gasteiger partial charge in [0.2, 0.25) is 0 Å². The summed E-state index contributed by atoms with van der Waals surface area (Å²) in [5, 5.41) is 0. The Balaban J connectivity index is 2.44. The second-order valence-corrected chi connectivity index (χ2v) is 3.14. The molecule has 2 N–H and O–H groups in total. The molecular formula is C11H11N3. The number of nitrogen functional groups attached to an aromatic ring is 1. The highest BCUT2D eigenvalue weighted by atomic mass is 14.8. The van der Waals surface area contributed by atoms with Crippen LogP contribution in [-0.2, 0) is 0 Å². The number of pyridine rings is 2. The lowest BCUT2D eigenvalue weighted by atomic mass is 10.2. The maximum atomic E-state index is 5.59. The molecule has 0 radical (unpaired) electrons. The van der Waals surface area contributed by atoms with Gasteiger partial charge >= 0.3 is 0 Å². The fraction of sp³-hybridized carbons (Fsp3) is 0.0909. The van der Waals surface area contributed by atoms with Crippen molar-refractivity contribution in [3.63, 3.8) is 0 Å². The summed E-state index contributed by atoms with van der Waals surface area (Å²) in [5.41, 5.74) is 8.44. The van der Waals surface area contributed by atoms with Gasteiger partial charge in [-0.05, 0) is 31.2 Å². The molecule has 2 aromatic heterocycles. The Morgan fingerprint density at radius 3 is 2.64 bits per heavy atom. The lowest BCUT2D eigenvalue weighted by Crippen LogP contribution is -1.91. The zero-order valence-electron chi connectivity index (χ0n) is 7.94. The summed E-state index contributed by atoms with van der Waals surface area (Å²) in [7, 11) is 0. The molecule has 3 nitrogen and oxygen atoms in total. The van der Waals surface area contributed by atoms with Crippen molar-refractivity contribution in [1.29, 1.82) is 0 Å². The Hall–Kier alpha value is -1.90. The lowest BCUT2D eigenvalue weighted by molar-refractivity contribution is 1.19. The molecule has 0 bridgehead atoms. The molecule has 3 heteroatoms. The van der Waals surface area contributed by atoms with Gasteiger partial charge in [-0.15, -0.1) is 0 Å². The topological polar surface area (TPSA) is 51.8 Å². The second-order valence-electron chi connectivity index (χ2n) is 3.14. The fourth-order valence-corrected chi connectivity index (χ4v) is 1.23. The molecule has 0 saturated heterocycles. The number of nitrogens with two attached hydrogens (primary N) is 1. The van der Waals surface area contributed by atoms with Crippen molar-refractivity contribution in [2.24, 2.45) is 0 Å². The third kappa shape index (κ3) is 1.71. The smallest absolute Gasteiger partial charge is 0.124 e. The Kier molecular flexibility index (Phi) is 2.14. The summed E-state index contributed by atoms with van der Waals surface area (Å²) >= 11 is 0. The first-order chi connectivity index (χ1) is 6.75. The van der Waals surface area contributed by atoms with E-state index >= 15 is 0 Å². The molecule has 2 heterocycles. The molecule has 0 spiro atoms. The zero-order valence-corrected chi connectivity index (χ0v) is 7.94. The van der Waals surface area contributed by atoms with E-state index in [2.05, 4.69) is 9.97 Å². The third-order valence-corrected chi connectivity index (χ3v) is 1.98. The first-order valence-corrected chi connectivity index (χ1v) is 4.41. The van der Waals surface area contributed by atoms with Crippen LogP contribution >= 0.6 is 0 Å². The van der Waals surface area contributed by atoms with Crippen LogP contribution in [0, 0.1) is 6.92 Å². The van der Waals surface area contributed by atoms with Crippen LogP contribution in [-0.4, -0.2) is 9.97 Å². The van der Waals surface area contributed by atoms with Crippen molar-refractivity contribution >= 4 is 5.82 Å². The third-order valence-electron chi connectivity index (χ3n) is 1.98. The van der Waals surface area contributed by atoms with E-state index < -0.39 is 0 Å². The van der Waals surface area contributed by atoms with Crippen molar-refractivity contribution in [2.45, 2.75) is 6.92 Å². The van der Waals surface area contributed by atoms with E-state index in [-0.39, 0.29) is 0 Å². The van der Waals surface area contributed by atoms with Crippen LogP contribution < -0.4 is 5.73 Å². The van der Waals surface area contributed by atoms with Gasteiger partial charge in [0.1, 0.15) is 5.82 Å². The number of rotatable bonds is 1. The second kappa shape index (κ2) is 3.46. The van der Waals surface area contributed by atoms with Crippen LogP contribution in [0.1, 0.15) is 5.69 Å². The first-order valence-electron chi connectivity index (χ1n) is 4.41. The minimum atomic E-state index is 0.531. The highest BCUT2D eigenvalue weighted by molar-refractivity contribution is 5.59. The number of hydrogen-bond donors (Lipinski definition) is 1. The van der Waals surface area contributed by atoms with Gasteiger partial charge in [-0.1, -0.05) is 6.07 Å². The van der Waals surface area contributed by atoms with E-state index in [1.807, 2.05) is 31.2 Å². The Bertz CT molecular complexity index is 435. The Morgan fingerprint density at radius 1 is 1.14 bits per heavy atom. The maximum Gasteiger partial charge on any atom is 0.124 e. The first kappa shape index (κ1) is 8.69.